The van der Waals surface area contributed by atoms with Crippen LogP contribution in [0.25, 0.3) is 0 Å². The monoisotopic (exact) mass is 329 g/mol. The number of rotatable bonds is 6. The Bertz CT molecular complexity index is 520. The van der Waals surface area contributed by atoms with Crippen LogP contribution in [-0.4, -0.2) is 40.3 Å². The minimum Gasteiger partial charge on any atom is -0.444 e. The first kappa shape index (κ1) is 18.6. The molecule has 7 heteroatoms. The van der Waals surface area contributed by atoms with Crippen molar-refractivity contribution in [1.82, 2.24) is 5.32 Å². The fourth-order valence-electron chi connectivity index (χ4n) is 1.71. The van der Waals surface area contributed by atoms with E-state index in [1.165, 1.54) is 18.3 Å². The van der Waals surface area contributed by atoms with E-state index in [1.54, 1.807) is 32.2 Å². The SMILES string of the molecule is CC(=O)c1cc(C(O)C(O)CCNC(=O)OC(C)(C)C)cs1. The number of ketones is 1. The molecular weight excluding hydrogens is 306 g/mol. The van der Waals surface area contributed by atoms with Gasteiger partial charge in [0.15, 0.2) is 5.78 Å². The molecule has 0 aromatic carbocycles. The smallest absolute Gasteiger partial charge is 0.407 e. The molecule has 1 aromatic rings. The van der Waals surface area contributed by atoms with Crippen molar-refractivity contribution < 1.29 is 24.5 Å². The van der Waals surface area contributed by atoms with Gasteiger partial charge in [-0.3, -0.25) is 4.79 Å². The van der Waals surface area contributed by atoms with Crippen molar-refractivity contribution in [2.75, 3.05) is 6.54 Å². The topological polar surface area (TPSA) is 95.9 Å². The number of thiophene rings is 1. The predicted molar refractivity (Wildman–Crippen MR) is 84.1 cm³/mol. The Morgan fingerprint density at radius 2 is 2.00 bits per heavy atom. The summed E-state index contributed by atoms with van der Waals surface area (Å²) in [4.78, 5) is 23.2. The first-order valence-corrected chi connectivity index (χ1v) is 7.90. The summed E-state index contributed by atoms with van der Waals surface area (Å²) in [7, 11) is 0. The van der Waals surface area contributed by atoms with Crippen molar-refractivity contribution in [3.8, 4) is 0 Å². The summed E-state index contributed by atoms with van der Waals surface area (Å²) >= 11 is 1.23. The van der Waals surface area contributed by atoms with Gasteiger partial charge in [-0.05, 0) is 51.1 Å². The van der Waals surface area contributed by atoms with Gasteiger partial charge in [-0.15, -0.1) is 11.3 Å². The van der Waals surface area contributed by atoms with Crippen molar-refractivity contribution in [1.29, 1.82) is 0 Å². The van der Waals surface area contributed by atoms with Crippen molar-refractivity contribution >= 4 is 23.2 Å². The lowest BCUT2D eigenvalue weighted by molar-refractivity contribution is 0.0125. The summed E-state index contributed by atoms with van der Waals surface area (Å²) in [5, 5.41) is 24.1. The van der Waals surface area contributed by atoms with E-state index in [9.17, 15) is 19.8 Å². The maximum Gasteiger partial charge on any atom is 0.407 e. The molecule has 3 N–H and O–H groups in total. The number of aliphatic hydroxyl groups is 2. The molecule has 22 heavy (non-hydrogen) atoms. The molecule has 0 saturated heterocycles. The van der Waals surface area contributed by atoms with E-state index >= 15 is 0 Å². The van der Waals surface area contributed by atoms with Gasteiger partial charge in [-0.2, -0.15) is 0 Å². The van der Waals surface area contributed by atoms with Crippen molar-refractivity contribution in [3.05, 3.63) is 21.9 Å². The van der Waals surface area contributed by atoms with Gasteiger partial charge in [0.05, 0.1) is 11.0 Å². The summed E-state index contributed by atoms with van der Waals surface area (Å²) in [5.74, 6) is -0.0791. The normalized spacial score (nSPS) is 14.3. The highest BCUT2D eigenvalue weighted by atomic mass is 32.1. The van der Waals surface area contributed by atoms with Crippen LogP contribution in [0.3, 0.4) is 0 Å². The maximum atomic E-state index is 11.4. The van der Waals surface area contributed by atoms with Gasteiger partial charge in [0.25, 0.3) is 0 Å². The van der Waals surface area contributed by atoms with Gasteiger partial charge in [0, 0.05) is 6.54 Å². The predicted octanol–water partition coefficient (Wildman–Crippen LogP) is 2.26. The third kappa shape index (κ3) is 6.13. The lowest BCUT2D eigenvalue weighted by atomic mass is 10.0. The quantitative estimate of drug-likeness (QED) is 0.696. The summed E-state index contributed by atoms with van der Waals surface area (Å²) < 4.78 is 5.06. The highest BCUT2D eigenvalue weighted by Gasteiger charge is 2.21. The molecule has 0 aliphatic rings. The van der Waals surface area contributed by atoms with Crippen molar-refractivity contribution in [3.63, 3.8) is 0 Å². The fourth-order valence-corrected chi connectivity index (χ4v) is 2.55. The van der Waals surface area contributed by atoms with Crippen molar-refractivity contribution in [2.24, 2.45) is 0 Å². The third-order valence-electron chi connectivity index (χ3n) is 2.78. The zero-order chi connectivity index (χ0) is 16.9. The molecule has 0 bridgehead atoms. The first-order chi connectivity index (χ1) is 10.1. The Kier molecular flexibility index (Phi) is 6.52. The molecule has 0 radical (unpaired) electrons. The molecule has 0 saturated carbocycles. The maximum absolute atomic E-state index is 11.4. The van der Waals surface area contributed by atoms with Gasteiger partial charge in [-0.1, -0.05) is 0 Å². The molecule has 1 heterocycles. The second-order valence-corrected chi connectivity index (χ2v) is 6.94. The minimum atomic E-state index is -1.09. The van der Waals surface area contributed by atoms with Crippen LogP contribution in [0.1, 0.15) is 55.5 Å². The fraction of sp³-hybridized carbons (Fsp3) is 0.600. The van der Waals surface area contributed by atoms with Gasteiger partial charge in [0.1, 0.15) is 11.7 Å². The van der Waals surface area contributed by atoms with Gasteiger partial charge >= 0.3 is 6.09 Å². The largest absolute Gasteiger partial charge is 0.444 e. The van der Waals surface area contributed by atoms with Crippen LogP contribution >= 0.6 is 11.3 Å². The molecule has 1 amide bonds. The molecular formula is C15H23NO5S. The van der Waals surface area contributed by atoms with Crippen LogP contribution < -0.4 is 5.32 Å². The Morgan fingerprint density at radius 1 is 1.36 bits per heavy atom. The molecule has 1 aromatic heterocycles. The number of aliphatic hydroxyl groups excluding tert-OH is 2. The molecule has 0 spiro atoms. The highest BCUT2D eigenvalue weighted by Crippen LogP contribution is 2.24. The molecule has 0 fully saturated rings. The average molecular weight is 329 g/mol. The van der Waals surface area contributed by atoms with E-state index in [-0.39, 0.29) is 18.7 Å². The molecule has 1 rings (SSSR count). The van der Waals surface area contributed by atoms with Crippen LogP contribution in [0.2, 0.25) is 0 Å². The Labute approximate surface area is 134 Å². The minimum absolute atomic E-state index is 0.0791. The number of alkyl carbamates (subject to hydrolysis) is 1. The van der Waals surface area contributed by atoms with Crippen molar-refractivity contribution in [2.45, 2.75) is 51.9 Å². The summed E-state index contributed by atoms with van der Waals surface area (Å²) in [6.07, 6.45) is -2.52. The average Bonchev–Trinajstić information content (AvgIpc) is 2.85. The zero-order valence-corrected chi connectivity index (χ0v) is 14.1. The number of hydrogen-bond acceptors (Lipinski definition) is 6. The van der Waals surface area contributed by atoms with E-state index in [1.807, 2.05) is 0 Å². The number of ether oxygens (including phenoxy) is 1. The highest BCUT2D eigenvalue weighted by molar-refractivity contribution is 7.12. The number of carbonyl (C=O) groups is 2. The molecule has 124 valence electrons. The van der Waals surface area contributed by atoms with E-state index in [0.717, 1.165) is 0 Å². The summed E-state index contributed by atoms with van der Waals surface area (Å²) in [6.45, 7) is 6.90. The second kappa shape index (κ2) is 7.71. The molecule has 6 nitrogen and oxygen atoms in total. The van der Waals surface area contributed by atoms with Crippen LogP contribution in [-0.2, 0) is 4.74 Å². The van der Waals surface area contributed by atoms with Gasteiger partial charge in [0.2, 0.25) is 0 Å². The first-order valence-electron chi connectivity index (χ1n) is 7.02. The van der Waals surface area contributed by atoms with Crippen LogP contribution in [0.4, 0.5) is 4.79 Å². The van der Waals surface area contributed by atoms with Crippen LogP contribution in [0.5, 0.6) is 0 Å². The number of carbonyl (C=O) groups excluding carboxylic acids is 2. The van der Waals surface area contributed by atoms with Crippen LogP contribution in [0, 0.1) is 0 Å². The van der Waals surface area contributed by atoms with Gasteiger partial charge in [-0.25, -0.2) is 4.79 Å². The Hall–Kier alpha value is -1.44. The van der Waals surface area contributed by atoms with E-state index < -0.39 is 23.9 Å². The summed E-state index contributed by atoms with van der Waals surface area (Å²) in [5.41, 5.74) is -0.0814. The summed E-state index contributed by atoms with van der Waals surface area (Å²) in [6, 6.07) is 1.57. The van der Waals surface area contributed by atoms with E-state index in [2.05, 4.69) is 5.32 Å². The standard InChI is InChI=1S/C15H23NO5S/c1-9(17)12-7-10(8-22-12)13(19)11(18)5-6-16-14(20)21-15(2,3)4/h7-8,11,13,18-19H,5-6H2,1-4H3,(H,16,20). The number of hydrogen-bond donors (Lipinski definition) is 3. The lowest BCUT2D eigenvalue weighted by Crippen LogP contribution is -2.34. The second-order valence-electron chi connectivity index (χ2n) is 6.03. The molecule has 2 unspecified atom stereocenters. The van der Waals surface area contributed by atoms with Gasteiger partial charge < -0.3 is 20.3 Å². The number of amides is 1. The third-order valence-corrected chi connectivity index (χ3v) is 3.83. The van der Waals surface area contributed by atoms with E-state index in [4.69, 9.17) is 4.74 Å². The number of nitrogens with one attached hydrogen (secondary N) is 1. The molecule has 0 aliphatic carbocycles. The Balaban J connectivity index is 2.42. The zero-order valence-electron chi connectivity index (χ0n) is 13.3. The van der Waals surface area contributed by atoms with E-state index in [0.29, 0.717) is 10.4 Å². The number of Topliss-reactive ketones (excluding diaryl/α,β-unsaturated/α-hetero) is 1. The Morgan fingerprint density at radius 3 is 2.50 bits per heavy atom. The lowest BCUT2D eigenvalue weighted by Gasteiger charge is -2.21. The molecule has 2 atom stereocenters. The molecule has 0 aliphatic heterocycles. The van der Waals surface area contributed by atoms with Crippen LogP contribution in [0.15, 0.2) is 11.4 Å².